The lowest BCUT2D eigenvalue weighted by atomic mass is 10.1. The van der Waals surface area contributed by atoms with E-state index in [-0.39, 0.29) is 11.5 Å². The van der Waals surface area contributed by atoms with E-state index in [9.17, 15) is 20.0 Å². The van der Waals surface area contributed by atoms with Crippen LogP contribution in [0.4, 0.5) is 17.1 Å². The number of anilines is 1. The summed E-state index contributed by atoms with van der Waals surface area (Å²) in [5, 5.41) is 23.1. The molecule has 8 nitrogen and oxygen atoms in total. The number of carbonyl (C=O) groups excluding carboxylic acids is 1. The van der Waals surface area contributed by atoms with Gasteiger partial charge in [-0.15, -0.1) is 0 Å². The summed E-state index contributed by atoms with van der Waals surface area (Å²) < 4.78 is 0. The highest BCUT2D eigenvalue weighted by Crippen LogP contribution is 2.28. The average molecular weight is 381 g/mol. The van der Waals surface area contributed by atoms with Gasteiger partial charge < -0.3 is 14.9 Å². The third-order valence-electron chi connectivity index (χ3n) is 4.73. The Morgan fingerprint density at radius 1 is 1.14 bits per heavy atom. The number of carbonyl (C=O) groups is 1. The van der Waals surface area contributed by atoms with Gasteiger partial charge in [0.2, 0.25) is 5.91 Å². The number of benzene rings is 2. The van der Waals surface area contributed by atoms with E-state index in [1.165, 1.54) is 12.3 Å². The van der Waals surface area contributed by atoms with Crippen molar-refractivity contribution in [1.82, 2.24) is 4.90 Å². The van der Waals surface area contributed by atoms with Crippen molar-refractivity contribution in [3.05, 3.63) is 57.6 Å². The number of hydrogen-bond donors (Lipinski definition) is 0. The Kier molecular flexibility index (Phi) is 5.58. The van der Waals surface area contributed by atoms with E-state index in [2.05, 4.69) is 9.89 Å². The Hall–Kier alpha value is -3.42. The number of nitro groups is 1. The molecule has 2 aromatic rings. The fourth-order valence-corrected chi connectivity index (χ4v) is 3.19. The largest absolute Gasteiger partial charge is 0.867 e. The molecule has 0 N–H and O–H groups in total. The molecule has 1 saturated heterocycles. The third-order valence-corrected chi connectivity index (χ3v) is 4.73. The van der Waals surface area contributed by atoms with Gasteiger partial charge in [-0.2, -0.15) is 0 Å². The lowest BCUT2D eigenvalue weighted by molar-refractivity contribution is -0.398. The van der Waals surface area contributed by atoms with Crippen molar-refractivity contribution in [2.45, 2.75) is 13.8 Å². The Bertz CT molecular complexity index is 917. The summed E-state index contributed by atoms with van der Waals surface area (Å²) in [6.07, 6.45) is 1.36. The van der Waals surface area contributed by atoms with Crippen molar-refractivity contribution in [2.24, 2.45) is 4.99 Å². The summed E-state index contributed by atoms with van der Waals surface area (Å²) in [5.41, 5.74) is 2.07. The molecule has 2 aromatic carbocycles. The molecule has 0 aromatic heterocycles. The average Bonchev–Trinajstić information content (AvgIpc) is 2.68. The smallest absolute Gasteiger partial charge is 0.262 e. The first-order valence-electron chi connectivity index (χ1n) is 8.96. The molecule has 146 valence electrons. The van der Waals surface area contributed by atoms with Gasteiger partial charge in [-0.25, -0.2) is 0 Å². The van der Waals surface area contributed by atoms with Crippen LogP contribution in [0.1, 0.15) is 18.1 Å². The monoisotopic (exact) mass is 381 g/mol. The lowest BCUT2D eigenvalue weighted by Gasteiger charge is -2.35. The predicted octanol–water partition coefficient (Wildman–Crippen LogP) is 2.40. The van der Waals surface area contributed by atoms with Crippen molar-refractivity contribution in [3.63, 3.8) is 0 Å². The minimum absolute atomic E-state index is 0.0958. The highest BCUT2D eigenvalue weighted by Gasteiger charge is 2.18. The second-order valence-corrected chi connectivity index (χ2v) is 6.73. The summed E-state index contributed by atoms with van der Waals surface area (Å²) in [5.74, 6) is -0.544. The molecule has 28 heavy (non-hydrogen) atoms. The van der Waals surface area contributed by atoms with Gasteiger partial charge in [0.1, 0.15) is 0 Å². The molecule has 1 amide bonds. The number of aliphatic imine (C=N–C) groups is 1. The zero-order valence-electron chi connectivity index (χ0n) is 15.8. The van der Waals surface area contributed by atoms with E-state index in [1.807, 2.05) is 29.2 Å². The number of piperazine rings is 1. The molecule has 1 aliphatic rings. The molecule has 0 radical (unpaired) electrons. The highest BCUT2D eigenvalue weighted by atomic mass is 16.6. The fourth-order valence-electron chi connectivity index (χ4n) is 3.19. The van der Waals surface area contributed by atoms with Gasteiger partial charge in [-0.05, 0) is 48.1 Å². The minimum Gasteiger partial charge on any atom is -0.867 e. The van der Waals surface area contributed by atoms with Crippen molar-refractivity contribution in [2.75, 3.05) is 31.1 Å². The first kappa shape index (κ1) is 19.3. The number of aryl methyl sites for hydroxylation is 1. The topological polar surface area (TPSA) is 102 Å². The zero-order chi connectivity index (χ0) is 20.3. The normalized spacial score (nSPS) is 14.5. The van der Waals surface area contributed by atoms with Gasteiger partial charge in [0.15, 0.2) is 0 Å². The molecule has 8 heteroatoms. The molecule has 0 aliphatic carbocycles. The maximum atomic E-state index is 12.2. The van der Waals surface area contributed by atoms with E-state index < -0.39 is 16.4 Å². The second-order valence-electron chi connectivity index (χ2n) is 6.73. The Morgan fingerprint density at radius 3 is 2.36 bits per heavy atom. The van der Waals surface area contributed by atoms with Crippen molar-refractivity contribution >= 4 is 29.2 Å². The molecular weight excluding hydrogens is 360 g/mol. The van der Waals surface area contributed by atoms with E-state index >= 15 is 0 Å². The van der Waals surface area contributed by atoms with E-state index in [0.29, 0.717) is 24.3 Å². The van der Waals surface area contributed by atoms with E-state index in [0.717, 1.165) is 18.8 Å². The maximum absolute atomic E-state index is 12.2. The minimum atomic E-state index is -0.673. The number of nitrogens with zero attached hydrogens (tertiary/aromatic N) is 4. The quantitative estimate of drug-likeness (QED) is 0.460. The fraction of sp³-hybridized carbons (Fsp3) is 0.300. The highest BCUT2D eigenvalue weighted by molar-refractivity contribution is 5.87. The lowest BCUT2D eigenvalue weighted by Crippen LogP contribution is -2.48. The van der Waals surface area contributed by atoms with Crippen LogP contribution < -0.4 is 10.0 Å². The van der Waals surface area contributed by atoms with Crippen LogP contribution >= 0.6 is 0 Å². The van der Waals surface area contributed by atoms with Gasteiger partial charge in [-0.1, -0.05) is 6.07 Å². The SMILES string of the molecule is CC(=O)N1CCN(c2ccc(N=Cc3cc(C)cc([N+](=O)[O-])c3[O-])cc2)CC1. The van der Waals surface area contributed by atoms with Crippen LogP contribution in [-0.4, -0.2) is 48.1 Å². The van der Waals surface area contributed by atoms with Crippen LogP contribution in [0.5, 0.6) is 5.75 Å². The summed E-state index contributed by atoms with van der Waals surface area (Å²) in [6, 6.07) is 10.4. The molecule has 0 atom stereocenters. The molecule has 0 unspecified atom stereocenters. The van der Waals surface area contributed by atoms with Crippen LogP contribution in [0.15, 0.2) is 41.4 Å². The van der Waals surface area contributed by atoms with Crippen molar-refractivity contribution < 1.29 is 14.8 Å². The van der Waals surface area contributed by atoms with Crippen molar-refractivity contribution in [1.29, 1.82) is 0 Å². The summed E-state index contributed by atoms with van der Waals surface area (Å²) >= 11 is 0. The molecule has 1 heterocycles. The number of rotatable bonds is 4. The first-order chi connectivity index (χ1) is 13.3. The van der Waals surface area contributed by atoms with Crippen LogP contribution in [0.2, 0.25) is 0 Å². The van der Waals surface area contributed by atoms with Gasteiger partial charge >= 0.3 is 0 Å². The number of hydrogen-bond acceptors (Lipinski definition) is 6. The Morgan fingerprint density at radius 2 is 1.79 bits per heavy atom. The predicted molar refractivity (Wildman–Crippen MR) is 105 cm³/mol. The maximum Gasteiger partial charge on any atom is 0.262 e. The van der Waals surface area contributed by atoms with E-state index in [1.54, 1.807) is 19.9 Å². The van der Waals surface area contributed by atoms with Crippen molar-refractivity contribution in [3.8, 4) is 5.75 Å². The molecule has 1 fully saturated rings. The summed E-state index contributed by atoms with van der Waals surface area (Å²) in [7, 11) is 0. The van der Waals surface area contributed by atoms with Crippen LogP contribution in [0, 0.1) is 17.0 Å². The standard InChI is InChI=1S/C20H22N4O4/c1-14-11-16(20(26)19(12-14)24(27)28)13-21-17-3-5-18(6-4-17)23-9-7-22(8-10-23)15(2)25/h3-6,11-13,26H,7-10H2,1-2H3/p-1. The number of amides is 1. The first-order valence-corrected chi connectivity index (χ1v) is 8.96. The van der Waals surface area contributed by atoms with Crippen LogP contribution in [-0.2, 0) is 4.79 Å². The Balaban J connectivity index is 1.71. The molecule has 0 bridgehead atoms. The van der Waals surface area contributed by atoms with Crippen LogP contribution in [0.25, 0.3) is 0 Å². The van der Waals surface area contributed by atoms with Gasteiger partial charge in [0, 0.05) is 51.1 Å². The molecule has 1 aliphatic heterocycles. The zero-order valence-corrected chi connectivity index (χ0v) is 15.8. The van der Waals surface area contributed by atoms with E-state index in [4.69, 9.17) is 0 Å². The summed E-state index contributed by atoms with van der Waals surface area (Å²) in [4.78, 5) is 30.0. The second kappa shape index (κ2) is 8.08. The van der Waals surface area contributed by atoms with Gasteiger partial charge in [0.25, 0.3) is 5.69 Å². The van der Waals surface area contributed by atoms with Gasteiger partial charge in [0.05, 0.1) is 10.6 Å². The molecule has 0 spiro atoms. The molecule has 0 saturated carbocycles. The molecule has 3 rings (SSSR count). The van der Waals surface area contributed by atoms with Crippen LogP contribution in [0.3, 0.4) is 0 Å². The Labute approximate surface area is 162 Å². The van der Waals surface area contributed by atoms with Gasteiger partial charge in [-0.3, -0.25) is 19.9 Å². The molecular formula is C20H21N4O4-. The summed E-state index contributed by atoms with van der Waals surface area (Å²) in [6.45, 7) is 6.23. The number of nitro benzene ring substituents is 1. The third kappa shape index (κ3) is 4.28.